The summed E-state index contributed by atoms with van der Waals surface area (Å²) in [5, 5.41) is 0.703. The maximum atomic E-state index is 11.1. The molecule has 0 atom stereocenters. The van der Waals surface area contributed by atoms with Crippen LogP contribution < -0.4 is 0 Å². The van der Waals surface area contributed by atoms with Gasteiger partial charge in [0.1, 0.15) is 10.8 Å². The van der Waals surface area contributed by atoms with Crippen LogP contribution in [0.3, 0.4) is 0 Å². The van der Waals surface area contributed by atoms with Gasteiger partial charge in [0.15, 0.2) is 0 Å². The maximum absolute atomic E-state index is 11.1. The van der Waals surface area contributed by atoms with Crippen molar-refractivity contribution in [1.29, 1.82) is 0 Å². The number of rotatable bonds is 1. The highest BCUT2D eigenvalue weighted by Gasteiger charge is 2.17. The molecule has 3 nitrogen and oxygen atoms in total. The molecular formula is C7H7Cl2NO2. The Balaban J connectivity index is 3.22. The molecule has 0 N–H and O–H groups in total. The third-order valence-electron chi connectivity index (χ3n) is 1.51. The van der Waals surface area contributed by atoms with Crippen LogP contribution in [0.5, 0.6) is 0 Å². The monoisotopic (exact) mass is 207 g/mol. The van der Waals surface area contributed by atoms with Gasteiger partial charge in [-0.3, -0.25) is 0 Å². The fourth-order valence-electron chi connectivity index (χ4n) is 0.868. The lowest BCUT2D eigenvalue weighted by atomic mass is 10.4. The molecule has 0 aromatic carbocycles. The molecule has 0 saturated heterocycles. The van der Waals surface area contributed by atoms with E-state index in [4.69, 9.17) is 23.2 Å². The molecule has 0 amide bonds. The first-order chi connectivity index (χ1) is 5.57. The van der Waals surface area contributed by atoms with Gasteiger partial charge < -0.3 is 9.30 Å². The fourth-order valence-corrected chi connectivity index (χ4v) is 1.42. The van der Waals surface area contributed by atoms with Crippen molar-refractivity contribution in [2.24, 2.45) is 7.05 Å². The smallest absolute Gasteiger partial charge is 0.356 e. The van der Waals surface area contributed by atoms with Gasteiger partial charge in [-0.05, 0) is 6.07 Å². The molecule has 66 valence electrons. The molecule has 0 saturated carbocycles. The predicted octanol–water partition coefficient (Wildman–Crippen LogP) is 2.12. The first kappa shape index (κ1) is 9.42. The van der Waals surface area contributed by atoms with E-state index in [0.29, 0.717) is 10.2 Å². The zero-order valence-corrected chi connectivity index (χ0v) is 8.11. The zero-order valence-electron chi connectivity index (χ0n) is 6.60. The summed E-state index contributed by atoms with van der Waals surface area (Å²) in [4.78, 5) is 11.1. The minimum absolute atomic E-state index is 0.268. The summed E-state index contributed by atoms with van der Waals surface area (Å²) < 4.78 is 5.98. The lowest BCUT2D eigenvalue weighted by molar-refractivity contribution is 0.0590. The number of methoxy groups -OCH3 is 1. The van der Waals surface area contributed by atoms with E-state index >= 15 is 0 Å². The first-order valence-electron chi connectivity index (χ1n) is 3.17. The second kappa shape index (κ2) is 3.37. The summed E-state index contributed by atoms with van der Waals surface area (Å²) in [6.45, 7) is 0. The summed E-state index contributed by atoms with van der Waals surface area (Å²) in [7, 11) is 2.93. The van der Waals surface area contributed by atoms with Crippen LogP contribution in [0.1, 0.15) is 10.5 Å². The van der Waals surface area contributed by atoms with Gasteiger partial charge in [-0.2, -0.15) is 0 Å². The van der Waals surface area contributed by atoms with Crippen molar-refractivity contribution in [3.05, 3.63) is 21.9 Å². The molecular weight excluding hydrogens is 201 g/mol. The maximum Gasteiger partial charge on any atom is 0.356 e. The van der Waals surface area contributed by atoms with Crippen molar-refractivity contribution in [2.75, 3.05) is 7.11 Å². The number of esters is 1. The Morgan fingerprint density at radius 1 is 1.58 bits per heavy atom. The molecule has 0 aliphatic carbocycles. The van der Waals surface area contributed by atoms with Crippen molar-refractivity contribution < 1.29 is 9.53 Å². The average Bonchev–Trinajstić information content (AvgIpc) is 2.26. The minimum Gasteiger partial charge on any atom is -0.464 e. The summed E-state index contributed by atoms with van der Waals surface area (Å²) in [6, 6.07) is 1.50. The van der Waals surface area contributed by atoms with E-state index in [0.717, 1.165) is 0 Å². The van der Waals surface area contributed by atoms with Crippen LogP contribution in [-0.2, 0) is 11.8 Å². The summed E-state index contributed by atoms with van der Waals surface area (Å²) in [6.07, 6.45) is 0. The molecule has 1 aromatic rings. The van der Waals surface area contributed by atoms with Gasteiger partial charge in [-0.15, -0.1) is 0 Å². The summed E-state index contributed by atoms with van der Waals surface area (Å²) in [5.74, 6) is -0.491. The molecule has 1 rings (SSSR count). The van der Waals surface area contributed by atoms with Gasteiger partial charge in [-0.25, -0.2) is 4.79 Å². The van der Waals surface area contributed by atoms with E-state index in [1.54, 1.807) is 7.05 Å². The van der Waals surface area contributed by atoms with Gasteiger partial charge >= 0.3 is 5.97 Å². The lowest BCUT2D eigenvalue weighted by Gasteiger charge is -2.01. The Morgan fingerprint density at radius 3 is 2.50 bits per heavy atom. The molecule has 0 aliphatic heterocycles. The van der Waals surface area contributed by atoms with E-state index in [2.05, 4.69) is 4.74 Å². The van der Waals surface area contributed by atoms with Crippen molar-refractivity contribution >= 4 is 29.2 Å². The van der Waals surface area contributed by atoms with Crippen LogP contribution in [0.2, 0.25) is 10.2 Å². The Hall–Kier alpha value is -0.670. The second-order valence-corrected chi connectivity index (χ2v) is 3.01. The van der Waals surface area contributed by atoms with Crippen LogP contribution in [-0.4, -0.2) is 17.6 Å². The average molecular weight is 208 g/mol. The zero-order chi connectivity index (χ0) is 9.30. The summed E-state index contributed by atoms with van der Waals surface area (Å²) >= 11 is 11.4. The van der Waals surface area contributed by atoms with Crippen LogP contribution >= 0.6 is 23.2 Å². The number of hydrogen-bond acceptors (Lipinski definition) is 2. The molecule has 0 unspecified atom stereocenters. The molecule has 0 spiro atoms. The molecule has 1 heterocycles. The van der Waals surface area contributed by atoms with Crippen molar-refractivity contribution in [1.82, 2.24) is 4.57 Å². The number of carbonyl (C=O) groups is 1. The quantitative estimate of drug-likeness (QED) is 0.662. The van der Waals surface area contributed by atoms with Gasteiger partial charge in [-0.1, -0.05) is 23.2 Å². The molecule has 5 heteroatoms. The number of hydrogen-bond donors (Lipinski definition) is 0. The van der Waals surface area contributed by atoms with Gasteiger partial charge in [0.25, 0.3) is 0 Å². The minimum atomic E-state index is -0.491. The highest BCUT2D eigenvalue weighted by Crippen LogP contribution is 2.24. The van der Waals surface area contributed by atoms with Crippen LogP contribution in [0, 0.1) is 0 Å². The topological polar surface area (TPSA) is 31.2 Å². The molecule has 0 radical (unpaired) electrons. The number of halogens is 2. The Labute approximate surface area is 79.8 Å². The van der Waals surface area contributed by atoms with E-state index < -0.39 is 5.97 Å². The number of ether oxygens (including phenoxy) is 1. The largest absolute Gasteiger partial charge is 0.464 e. The van der Waals surface area contributed by atoms with E-state index in [1.807, 2.05) is 0 Å². The normalized spacial score (nSPS) is 10.0. The van der Waals surface area contributed by atoms with Crippen molar-refractivity contribution in [3.63, 3.8) is 0 Å². The number of carbonyl (C=O) groups excluding carboxylic acids is 1. The van der Waals surface area contributed by atoms with Crippen molar-refractivity contribution in [3.8, 4) is 0 Å². The van der Waals surface area contributed by atoms with Gasteiger partial charge in [0.05, 0.1) is 12.1 Å². The third kappa shape index (κ3) is 1.42. The number of aromatic nitrogens is 1. The Kier molecular flexibility index (Phi) is 2.65. The summed E-state index contributed by atoms with van der Waals surface area (Å²) in [5.41, 5.74) is 0.268. The Bertz CT molecular complexity index is 319. The number of nitrogens with zero attached hydrogens (tertiary/aromatic N) is 1. The van der Waals surface area contributed by atoms with Crippen LogP contribution in [0.15, 0.2) is 6.07 Å². The Morgan fingerprint density at radius 2 is 2.17 bits per heavy atom. The molecule has 12 heavy (non-hydrogen) atoms. The highest BCUT2D eigenvalue weighted by molar-refractivity contribution is 6.36. The molecule has 0 fully saturated rings. The van der Waals surface area contributed by atoms with Crippen LogP contribution in [0.4, 0.5) is 0 Å². The SMILES string of the molecule is COC(=O)c1c(Cl)cc(Cl)n1C. The van der Waals surface area contributed by atoms with E-state index in [9.17, 15) is 4.79 Å². The second-order valence-electron chi connectivity index (χ2n) is 2.21. The van der Waals surface area contributed by atoms with E-state index in [1.165, 1.54) is 17.7 Å². The van der Waals surface area contributed by atoms with Gasteiger partial charge in [0, 0.05) is 7.05 Å². The van der Waals surface area contributed by atoms with E-state index in [-0.39, 0.29) is 5.69 Å². The molecule has 0 bridgehead atoms. The molecule has 1 aromatic heterocycles. The predicted molar refractivity (Wildman–Crippen MR) is 46.8 cm³/mol. The van der Waals surface area contributed by atoms with Crippen molar-refractivity contribution in [2.45, 2.75) is 0 Å². The fraction of sp³-hybridized carbons (Fsp3) is 0.286. The first-order valence-corrected chi connectivity index (χ1v) is 3.92. The third-order valence-corrected chi connectivity index (χ3v) is 2.16. The van der Waals surface area contributed by atoms with Gasteiger partial charge in [0.2, 0.25) is 0 Å². The highest BCUT2D eigenvalue weighted by atomic mass is 35.5. The molecule has 0 aliphatic rings. The standard InChI is InChI=1S/C7H7Cl2NO2/c1-10-5(9)3-4(8)6(10)7(11)12-2/h3H,1-2H3. The van der Waals surface area contributed by atoms with Crippen LogP contribution in [0.25, 0.3) is 0 Å². The lowest BCUT2D eigenvalue weighted by Crippen LogP contribution is -2.07.